The topological polar surface area (TPSA) is 0 Å². The van der Waals surface area contributed by atoms with Gasteiger partial charge in [-0.2, -0.15) is 0 Å². The fourth-order valence-electron chi connectivity index (χ4n) is 1.40. The molecule has 0 heterocycles. The molecule has 0 radical (unpaired) electrons. The fraction of sp³-hybridized carbons (Fsp3) is 0.143. The molecule has 4 heteroatoms. The molecule has 0 bridgehead atoms. The lowest BCUT2D eigenvalue weighted by atomic mass is 10.4. The van der Waals surface area contributed by atoms with Crippen LogP contribution >= 0.6 is 45.1 Å². The minimum Gasteiger partial charge on any atom is -0.130 e. The first kappa shape index (κ1) is 14.3. The van der Waals surface area contributed by atoms with Crippen LogP contribution in [0.5, 0.6) is 0 Å². The van der Waals surface area contributed by atoms with Gasteiger partial charge < -0.3 is 0 Å². The molecule has 2 rings (SSSR count). The van der Waals surface area contributed by atoms with Crippen molar-refractivity contribution in [2.75, 3.05) is 12.5 Å². The van der Waals surface area contributed by atoms with E-state index in [9.17, 15) is 0 Å². The molecule has 0 aliphatic rings. The smallest absolute Gasteiger partial charge is 0.0197 e. The summed E-state index contributed by atoms with van der Waals surface area (Å²) >= 11 is 3.57. The Morgan fingerprint density at radius 2 is 1.00 bits per heavy atom. The second-order valence-corrected chi connectivity index (χ2v) is 7.56. The largest absolute Gasteiger partial charge is 0.130 e. The van der Waals surface area contributed by atoms with Crippen LogP contribution in [0.4, 0.5) is 0 Å². The summed E-state index contributed by atoms with van der Waals surface area (Å²) in [5, 5.41) is 0. The van der Waals surface area contributed by atoms with E-state index < -0.39 is 0 Å². The summed E-state index contributed by atoms with van der Waals surface area (Å²) in [5.74, 6) is 0. The second kappa shape index (κ2) is 7.43. The second-order valence-electron chi connectivity index (χ2n) is 3.52. The number of rotatable bonds is 5. The van der Waals surface area contributed by atoms with E-state index in [1.165, 1.54) is 19.6 Å². The molecule has 0 saturated carbocycles. The van der Waals surface area contributed by atoms with Gasteiger partial charge in [-0.1, -0.05) is 33.7 Å². The first-order valence-corrected chi connectivity index (χ1v) is 10.0. The molecule has 0 atom stereocenters. The Morgan fingerprint density at radius 1 is 0.611 bits per heavy atom. The van der Waals surface area contributed by atoms with Gasteiger partial charge >= 0.3 is 0 Å². The molecule has 0 fully saturated rings. The van der Waals surface area contributed by atoms with Crippen LogP contribution in [0.25, 0.3) is 0 Å². The molecule has 2 aromatic carbocycles. The molecule has 0 aliphatic heterocycles. The van der Waals surface area contributed by atoms with Gasteiger partial charge in [-0.05, 0) is 48.9 Å². The molecular formula is C14H14S4. The van der Waals surface area contributed by atoms with E-state index in [4.69, 9.17) is 0 Å². The Balaban J connectivity index is 2.01. The normalized spacial score (nSPS) is 10.6. The first-order valence-electron chi connectivity index (χ1n) is 5.44. The van der Waals surface area contributed by atoms with Crippen molar-refractivity contribution in [3.63, 3.8) is 0 Å². The van der Waals surface area contributed by atoms with Gasteiger partial charge in [0, 0.05) is 19.6 Å². The van der Waals surface area contributed by atoms with Crippen molar-refractivity contribution in [2.45, 2.75) is 19.6 Å². The molecular weight excluding hydrogens is 296 g/mol. The van der Waals surface area contributed by atoms with Crippen molar-refractivity contribution in [1.29, 1.82) is 0 Å². The van der Waals surface area contributed by atoms with Gasteiger partial charge in [0.2, 0.25) is 0 Å². The number of hydrogen-bond acceptors (Lipinski definition) is 4. The Morgan fingerprint density at radius 3 is 1.39 bits per heavy atom. The van der Waals surface area contributed by atoms with Crippen LogP contribution in [0.2, 0.25) is 0 Å². The highest BCUT2D eigenvalue weighted by Gasteiger charge is 2.00. The quantitative estimate of drug-likeness (QED) is 0.495. The van der Waals surface area contributed by atoms with Crippen LogP contribution in [0.1, 0.15) is 0 Å². The Bertz CT molecular complexity index is 463. The maximum atomic E-state index is 2.24. The standard InChI is InChI=1S/C14H14S4/c1-15-11-5-3-7-13(9-11)17-18-14-8-4-6-12(10-14)16-2/h3-10H,1-2H3. The summed E-state index contributed by atoms with van der Waals surface area (Å²) in [6.07, 6.45) is 4.22. The fourth-order valence-corrected chi connectivity index (χ4v) is 4.48. The van der Waals surface area contributed by atoms with E-state index >= 15 is 0 Å². The summed E-state index contributed by atoms with van der Waals surface area (Å²) < 4.78 is 0. The zero-order valence-corrected chi connectivity index (χ0v) is 13.5. The van der Waals surface area contributed by atoms with E-state index in [0.29, 0.717) is 0 Å². The third kappa shape index (κ3) is 4.19. The van der Waals surface area contributed by atoms with Crippen molar-refractivity contribution in [3.8, 4) is 0 Å². The van der Waals surface area contributed by atoms with Crippen LogP contribution in [0.3, 0.4) is 0 Å². The summed E-state index contributed by atoms with van der Waals surface area (Å²) in [7, 11) is 3.63. The number of hydrogen-bond donors (Lipinski definition) is 0. The maximum Gasteiger partial charge on any atom is 0.0197 e. The highest BCUT2D eigenvalue weighted by Crippen LogP contribution is 2.39. The van der Waals surface area contributed by atoms with Crippen LogP contribution < -0.4 is 0 Å². The van der Waals surface area contributed by atoms with Crippen molar-refractivity contribution in [1.82, 2.24) is 0 Å². The third-order valence-electron chi connectivity index (χ3n) is 2.32. The minimum absolute atomic E-state index is 1.31. The predicted octanol–water partition coefficient (Wildman–Crippen LogP) is 5.93. The highest BCUT2D eigenvalue weighted by molar-refractivity contribution is 8.76. The van der Waals surface area contributed by atoms with E-state index in [0.717, 1.165) is 0 Å². The molecule has 0 aromatic heterocycles. The predicted molar refractivity (Wildman–Crippen MR) is 88.2 cm³/mol. The first-order chi connectivity index (χ1) is 8.81. The van der Waals surface area contributed by atoms with Crippen molar-refractivity contribution < 1.29 is 0 Å². The van der Waals surface area contributed by atoms with Gasteiger partial charge in [-0.3, -0.25) is 0 Å². The Kier molecular flexibility index (Phi) is 5.89. The van der Waals surface area contributed by atoms with Crippen LogP contribution in [0.15, 0.2) is 68.1 Å². The molecule has 2 aromatic rings. The van der Waals surface area contributed by atoms with Gasteiger partial charge in [0.15, 0.2) is 0 Å². The van der Waals surface area contributed by atoms with Crippen LogP contribution in [-0.4, -0.2) is 12.5 Å². The van der Waals surface area contributed by atoms with Crippen molar-refractivity contribution in [2.24, 2.45) is 0 Å². The summed E-state index contributed by atoms with van der Waals surface area (Å²) in [6, 6.07) is 17.3. The molecule has 0 spiro atoms. The van der Waals surface area contributed by atoms with Gasteiger partial charge in [-0.25, -0.2) is 0 Å². The van der Waals surface area contributed by atoms with Crippen LogP contribution in [0, 0.1) is 0 Å². The Labute approximate surface area is 125 Å². The van der Waals surface area contributed by atoms with Crippen molar-refractivity contribution in [3.05, 3.63) is 48.5 Å². The van der Waals surface area contributed by atoms with Crippen molar-refractivity contribution >= 4 is 45.1 Å². The monoisotopic (exact) mass is 310 g/mol. The molecule has 0 nitrogen and oxygen atoms in total. The molecule has 0 N–H and O–H groups in total. The van der Waals surface area contributed by atoms with Gasteiger partial charge in [0.05, 0.1) is 0 Å². The Hall–Kier alpha value is -0.160. The van der Waals surface area contributed by atoms with Crippen LogP contribution in [-0.2, 0) is 0 Å². The molecule has 94 valence electrons. The summed E-state index contributed by atoms with van der Waals surface area (Å²) in [6.45, 7) is 0. The SMILES string of the molecule is CSc1cccc(SSc2cccc(SC)c2)c1. The maximum absolute atomic E-state index is 2.24. The van der Waals surface area contributed by atoms with Gasteiger partial charge in [0.25, 0.3) is 0 Å². The van der Waals surface area contributed by atoms with E-state index in [1.807, 2.05) is 21.6 Å². The summed E-state index contributed by atoms with van der Waals surface area (Å²) in [4.78, 5) is 5.25. The average molecular weight is 311 g/mol. The molecule has 0 unspecified atom stereocenters. The highest BCUT2D eigenvalue weighted by atomic mass is 33.1. The lowest BCUT2D eigenvalue weighted by Crippen LogP contribution is -1.73. The average Bonchev–Trinajstić information content (AvgIpc) is 2.45. The lowest BCUT2D eigenvalue weighted by Gasteiger charge is -2.04. The van der Waals surface area contributed by atoms with Gasteiger partial charge in [-0.15, -0.1) is 23.5 Å². The minimum atomic E-state index is 1.31. The zero-order valence-electron chi connectivity index (χ0n) is 10.3. The van der Waals surface area contributed by atoms with E-state index in [-0.39, 0.29) is 0 Å². The van der Waals surface area contributed by atoms with E-state index in [2.05, 4.69) is 61.0 Å². The van der Waals surface area contributed by atoms with Gasteiger partial charge in [0.1, 0.15) is 0 Å². The molecule has 0 aliphatic carbocycles. The lowest BCUT2D eigenvalue weighted by molar-refractivity contribution is 1.34. The number of thioether (sulfide) groups is 2. The number of benzene rings is 2. The zero-order chi connectivity index (χ0) is 12.8. The summed E-state index contributed by atoms with van der Waals surface area (Å²) in [5.41, 5.74) is 0. The molecule has 0 amide bonds. The van der Waals surface area contributed by atoms with E-state index in [1.54, 1.807) is 23.5 Å². The third-order valence-corrected chi connectivity index (χ3v) is 6.15. The molecule has 0 saturated heterocycles. The molecule has 18 heavy (non-hydrogen) atoms.